The first-order valence-electron chi connectivity index (χ1n) is 8.79. The molecule has 0 aliphatic carbocycles. The van der Waals surface area contributed by atoms with E-state index in [9.17, 15) is 4.79 Å². The predicted octanol–water partition coefficient (Wildman–Crippen LogP) is 5.72. The van der Waals surface area contributed by atoms with Gasteiger partial charge in [-0.1, -0.05) is 48.0 Å². The van der Waals surface area contributed by atoms with Crippen molar-refractivity contribution in [3.05, 3.63) is 77.8 Å². The monoisotopic (exact) mass is 407 g/mol. The second-order valence-corrected chi connectivity index (χ2v) is 7.63. The minimum absolute atomic E-state index is 0.120. The van der Waals surface area contributed by atoms with Crippen molar-refractivity contribution in [3.8, 4) is 11.3 Å². The number of carbonyl (C=O) groups is 1. The summed E-state index contributed by atoms with van der Waals surface area (Å²) < 4.78 is 1.72. The summed E-state index contributed by atoms with van der Waals surface area (Å²) in [4.78, 5) is 13.7. The molecule has 1 heterocycles. The molecule has 4 aromatic rings. The smallest absolute Gasteiger partial charge is 0.246 e. The molecule has 4 rings (SSSR count). The molecule has 0 radical (unpaired) electrons. The highest BCUT2D eigenvalue weighted by Crippen LogP contribution is 2.30. The van der Waals surface area contributed by atoms with Gasteiger partial charge in [-0.15, -0.1) is 11.8 Å². The van der Waals surface area contributed by atoms with Crippen LogP contribution in [0.1, 0.15) is 0 Å². The van der Waals surface area contributed by atoms with Gasteiger partial charge < -0.3 is 5.32 Å². The Morgan fingerprint density at radius 1 is 1.07 bits per heavy atom. The van der Waals surface area contributed by atoms with Crippen molar-refractivity contribution >= 4 is 45.9 Å². The highest BCUT2D eigenvalue weighted by Gasteiger charge is 2.15. The van der Waals surface area contributed by atoms with Crippen LogP contribution in [0.3, 0.4) is 0 Å². The number of nitrogens with zero attached hydrogens (tertiary/aromatic N) is 2. The van der Waals surface area contributed by atoms with Crippen molar-refractivity contribution in [1.82, 2.24) is 9.78 Å². The molecule has 0 atom stereocenters. The van der Waals surface area contributed by atoms with Crippen molar-refractivity contribution < 1.29 is 4.79 Å². The van der Waals surface area contributed by atoms with Crippen LogP contribution in [0.2, 0.25) is 5.02 Å². The zero-order valence-corrected chi connectivity index (χ0v) is 16.8. The van der Waals surface area contributed by atoms with Gasteiger partial charge >= 0.3 is 0 Å². The second kappa shape index (κ2) is 8.09. The van der Waals surface area contributed by atoms with Gasteiger partial charge in [0.1, 0.15) is 12.2 Å². The third kappa shape index (κ3) is 3.91. The van der Waals surface area contributed by atoms with E-state index in [4.69, 9.17) is 16.7 Å². The topological polar surface area (TPSA) is 46.9 Å². The maximum atomic E-state index is 12.6. The zero-order valence-electron chi connectivity index (χ0n) is 15.2. The van der Waals surface area contributed by atoms with Crippen LogP contribution in [0.5, 0.6) is 0 Å². The van der Waals surface area contributed by atoms with Crippen molar-refractivity contribution in [3.63, 3.8) is 0 Å². The Morgan fingerprint density at radius 2 is 1.89 bits per heavy atom. The largest absolute Gasteiger partial charge is 0.324 e. The third-order valence-corrected chi connectivity index (χ3v) is 5.37. The molecular weight excluding hydrogens is 390 g/mol. The number of benzene rings is 3. The number of carbonyl (C=O) groups excluding carboxylic acids is 1. The molecule has 0 saturated heterocycles. The average molecular weight is 408 g/mol. The van der Waals surface area contributed by atoms with Crippen LogP contribution >= 0.6 is 23.4 Å². The normalized spacial score (nSPS) is 10.9. The number of anilines is 1. The van der Waals surface area contributed by atoms with E-state index in [-0.39, 0.29) is 12.5 Å². The predicted molar refractivity (Wildman–Crippen MR) is 117 cm³/mol. The maximum Gasteiger partial charge on any atom is 0.246 e. The summed E-state index contributed by atoms with van der Waals surface area (Å²) in [5, 5.41) is 9.23. The first-order chi connectivity index (χ1) is 13.6. The summed E-state index contributed by atoms with van der Waals surface area (Å²) in [5.74, 6) is -0.128. The van der Waals surface area contributed by atoms with Crippen LogP contribution < -0.4 is 5.32 Å². The number of hydrogen-bond acceptors (Lipinski definition) is 3. The van der Waals surface area contributed by atoms with Gasteiger partial charge in [0.2, 0.25) is 5.91 Å². The lowest BCUT2D eigenvalue weighted by molar-refractivity contribution is -0.116. The standard InChI is InChI=1S/C22H18ClN3OS/c1-28-18-9-5-8-17(13-18)24-21(27)14-26-20-11-10-16(23)12-19(20)22(25-26)15-6-3-2-4-7-15/h2-13H,14H2,1H3,(H,24,27). The van der Waals surface area contributed by atoms with Crippen LogP contribution in [0, 0.1) is 0 Å². The minimum Gasteiger partial charge on any atom is -0.324 e. The van der Waals surface area contributed by atoms with Gasteiger partial charge in [-0.05, 0) is 42.7 Å². The van der Waals surface area contributed by atoms with E-state index in [0.29, 0.717) is 5.02 Å². The van der Waals surface area contributed by atoms with E-state index >= 15 is 0 Å². The molecule has 3 aromatic carbocycles. The lowest BCUT2D eigenvalue weighted by atomic mass is 10.1. The summed E-state index contributed by atoms with van der Waals surface area (Å²) in [6.07, 6.45) is 2.01. The lowest BCUT2D eigenvalue weighted by Gasteiger charge is -2.07. The van der Waals surface area contributed by atoms with Gasteiger partial charge in [-0.25, -0.2) is 0 Å². The number of thioether (sulfide) groups is 1. The molecule has 140 valence electrons. The Bertz CT molecular complexity index is 1140. The van der Waals surface area contributed by atoms with E-state index in [1.165, 1.54) is 0 Å². The maximum absolute atomic E-state index is 12.6. The van der Waals surface area contributed by atoms with Gasteiger partial charge in [0.25, 0.3) is 0 Å². The first kappa shape index (κ1) is 18.6. The Labute approximate surface area is 172 Å². The Morgan fingerprint density at radius 3 is 2.68 bits per heavy atom. The molecule has 0 bridgehead atoms. The fourth-order valence-corrected chi connectivity index (χ4v) is 3.75. The molecule has 1 aromatic heterocycles. The number of halogens is 1. The molecule has 0 aliphatic rings. The van der Waals surface area contributed by atoms with E-state index in [0.717, 1.165) is 32.7 Å². The van der Waals surface area contributed by atoms with Crippen molar-refractivity contribution in [2.45, 2.75) is 11.4 Å². The van der Waals surface area contributed by atoms with Gasteiger partial charge in [0.15, 0.2) is 0 Å². The quantitative estimate of drug-likeness (QED) is 0.430. The molecule has 1 N–H and O–H groups in total. The number of nitrogens with one attached hydrogen (secondary N) is 1. The van der Waals surface area contributed by atoms with E-state index < -0.39 is 0 Å². The number of amides is 1. The van der Waals surface area contributed by atoms with Crippen molar-refractivity contribution in [2.24, 2.45) is 0 Å². The summed E-state index contributed by atoms with van der Waals surface area (Å²) >= 11 is 7.85. The average Bonchev–Trinajstić information content (AvgIpc) is 3.06. The Kier molecular flexibility index (Phi) is 5.37. The molecule has 0 aliphatic heterocycles. The van der Waals surface area contributed by atoms with E-state index in [2.05, 4.69) is 5.32 Å². The van der Waals surface area contributed by atoms with E-state index in [1.807, 2.05) is 79.1 Å². The molecule has 0 spiro atoms. The molecule has 1 amide bonds. The molecular formula is C22H18ClN3OS. The fourth-order valence-electron chi connectivity index (χ4n) is 3.12. The number of aromatic nitrogens is 2. The highest BCUT2D eigenvalue weighted by molar-refractivity contribution is 7.98. The summed E-state index contributed by atoms with van der Waals surface area (Å²) in [6, 6.07) is 23.3. The number of fused-ring (bicyclic) bond motifs is 1. The number of hydrogen-bond donors (Lipinski definition) is 1. The van der Waals surface area contributed by atoms with Crippen LogP contribution in [0.4, 0.5) is 5.69 Å². The molecule has 6 heteroatoms. The van der Waals surface area contributed by atoms with Crippen LogP contribution in [-0.4, -0.2) is 21.9 Å². The van der Waals surface area contributed by atoms with Gasteiger partial charge in [0, 0.05) is 26.6 Å². The zero-order chi connectivity index (χ0) is 19.5. The SMILES string of the molecule is CSc1cccc(NC(=O)Cn2nc(-c3ccccc3)c3cc(Cl)ccc32)c1. The molecule has 0 unspecified atom stereocenters. The summed E-state index contributed by atoms with van der Waals surface area (Å²) in [5.41, 5.74) is 3.45. The van der Waals surface area contributed by atoms with Gasteiger partial charge in [-0.3, -0.25) is 9.48 Å². The summed E-state index contributed by atoms with van der Waals surface area (Å²) in [6.45, 7) is 0.120. The Hall–Kier alpha value is -2.76. The van der Waals surface area contributed by atoms with Crippen LogP contribution in [0.15, 0.2) is 77.7 Å². The van der Waals surface area contributed by atoms with Crippen LogP contribution in [0.25, 0.3) is 22.2 Å². The molecule has 0 saturated carbocycles. The third-order valence-electron chi connectivity index (χ3n) is 4.41. The van der Waals surface area contributed by atoms with Crippen molar-refractivity contribution in [2.75, 3.05) is 11.6 Å². The van der Waals surface area contributed by atoms with Gasteiger partial charge in [-0.2, -0.15) is 5.10 Å². The van der Waals surface area contributed by atoms with Gasteiger partial charge in [0.05, 0.1) is 5.52 Å². The van der Waals surface area contributed by atoms with Crippen molar-refractivity contribution in [1.29, 1.82) is 0 Å². The fraction of sp³-hybridized carbons (Fsp3) is 0.0909. The molecule has 28 heavy (non-hydrogen) atoms. The number of rotatable bonds is 5. The Balaban J connectivity index is 1.66. The molecule has 0 fully saturated rings. The summed E-state index contributed by atoms with van der Waals surface area (Å²) in [7, 11) is 0. The first-order valence-corrected chi connectivity index (χ1v) is 10.4. The second-order valence-electron chi connectivity index (χ2n) is 6.31. The van der Waals surface area contributed by atoms with Crippen LogP contribution in [-0.2, 0) is 11.3 Å². The van der Waals surface area contributed by atoms with E-state index in [1.54, 1.807) is 16.4 Å². The molecule has 4 nitrogen and oxygen atoms in total. The lowest BCUT2D eigenvalue weighted by Crippen LogP contribution is -2.19. The highest BCUT2D eigenvalue weighted by atomic mass is 35.5. The minimum atomic E-state index is -0.128.